The lowest BCUT2D eigenvalue weighted by molar-refractivity contribution is -0.114. The van der Waals surface area contributed by atoms with Gasteiger partial charge in [0, 0.05) is 9.13 Å². The van der Waals surface area contributed by atoms with Crippen molar-refractivity contribution in [2.24, 2.45) is 5.10 Å². The van der Waals surface area contributed by atoms with Crippen LogP contribution in [0, 0.1) is 3.57 Å². The van der Waals surface area contributed by atoms with E-state index in [1.165, 1.54) is 5.01 Å². The maximum atomic E-state index is 12.8. The van der Waals surface area contributed by atoms with E-state index >= 15 is 0 Å². The molecule has 4 nitrogen and oxygen atoms in total. The van der Waals surface area contributed by atoms with Gasteiger partial charge in [0.1, 0.15) is 5.75 Å². The smallest absolute Gasteiger partial charge is 0.280 e. The highest BCUT2D eigenvalue weighted by Crippen LogP contribution is 2.28. The first-order valence-electron chi connectivity index (χ1n) is 7.69. The molecule has 1 amide bonds. The maximum absolute atomic E-state index is 12.8. The van der Waals surface area contributed by atoms with Crippen LogP contribution in [0.4, 0.5) is 5.69 Å². The van der Waals surface area contributed by atoms with Crippen LogP contribution in [0.1, 0.15) is 19.4 Å². The van der Waals surface area contributed by atoms with E-state index in [0.717, 1.165) is 20.6 Å². The number of hydrazone groups is 1. The molecule has 1 aliphatic heterocycles. The highest BCUT2D eigenvalue weighted by molar-refractivity contribution is 14.1. The van der Waals surface area contributed by atoms with Crippen LogP contribution in [0.2, 0.25) is 0 Å². The second kappa shape index (κ2) is 7.17. The zero-order valence-electron chi connectivity index (χ0n) is 13.5. The lowest BCUT2D eigenvalue weighted by atomic mass is 10.1. The van der Waals surface area contributed by atoms with Crippen LogP contribution < -0.4 is 9.75 Å². The van der Waals surface area contributed by atoms with Crippen LogP contribution in [0.15, 0.2) is 59.2 Å². The molecular weight excluding hydrogens is 415 g/mol. The summed E-state index contributed by atoms with van der Waals surface area (Å²) in [6, 6.07) is 15.4. The van der Waals surface area contributed by atoms with Crippen molar-refractivity contribution in [3.63, 3.8) is 0 Å². The molecule has 1 aliphatic rings. The lowest BCUT2D eigenvalue weighted by Crippen LogP contribution is -2.21. The third-order valence-electron chi connectivity index (χ3n) is 3.65. The van der Waals surface area contributed by atoms with Gasteiger partial charge in [0.15, 0.2) is 0 Å². The molecular formula is C19H17IN2O2. The van der Waals surface area contributed by atoms with Gasteiger partial charge < -0.3 is 4.74 Å². The predicted molar refractivity (Wildman–Crippen MR) is 105 cm³/mol. The maximum Gasteiger partial charge on any atom is 0.280 e. The summed E-state index contributed by atoms with van der Waals surface area (Å²) in [5.41, 5.74) is 2.92. The summed E-state index contributed by atoms with van der Waals surface area (Å²) in [6.45, 7) is 4.37. The fraction of sp³-hybridized carbons (Fsp3) is 0.158. The molecule has 0 aliphatic carbocycles. The monoisotopic (exact) mass is 432 g/mol. The van der Waals surface area contributed by atoms with Crippen LogP contribution in [0.5, 0.6) is 5.75 Å². The molecule has 2 aromatic rings. The van der Waals surface area contributed by atoms with Gasteiger partial charge in [-0.25, -0.2) is 0 Å². The summed E-state index contributed by atoms with van der Waals surface area (Å²) < 4.78 is 6.75. The van der Waals surface area contributed by atoms with Gasteiger partial charge in [-0.15, -0.1) is 0 Å². The Morgan fingerprint density at radius 3 is 2.58 bits per heavy atom. The Bertz CT molecular complexity index is 826. The second-order valence-corrected chi connectivity index (χ2v) is 6.55. The molecule has 24 heavy (non-hydrogen) atoms. The number of carbonyl (C=O) groups excluding carboxylic acids is 1. The summed E-state index contributed by atoms with van der Waals surface area (Å²) >= 11 is 2.23. The number of benzene rings is 2. The quantitative estimate of drug-likeness (QED) is 0.528. The van der Waals surface area contributed by atoms with Crippen LogP contribution >= 0.6 is 22.6 Å². The Balaban J connectivity index is 1.95. The molecule has 3 rings (SSSR count). The van der Waals surface area contributed by atoms with Gasteiger partial charge in [-0.1, -0.05) is 18.2 Å². The number of carbonyl (C=O) groups is 1. The number of nitrogens with zero attached hydrogens (tertiary/aromatic N) is 2. The van der Waals surface area contributed by atoms with Gasteiger partial charge in [-0.05, 0) is 72.8 Å². The number of anilines is 1. The Kier molecular flexibility index (Phi) is 4.99. The summed E-state index contributed by atoms with van der Waals surface area (Å²) in [4.78, 5) is 12.8. The molecule has 0 aromatic heterocycles. The van der Waals surface area contributed by atoms with Crippen molar-refractivity contribution in [3.8, 4) is 5.75 Å². The second-order valence-electron chi connectivity index (χ2n) is 5.31. The molecule has 2 aromatic carbocycles. The molecule has 0 fully saturated rings. The molecule has 0 unspecified atom stereocenters. The van der Waals surface area contributed by atoms with E-state index in [-0.39, 0.29) is 5.91 Å². The van der Waals surface area contributed by atoms with Crippen LogP contribution in [0.3, 0.4) is 0 Å². The van der Waals surface area contributed by atoms with Crippen molar-refractivity contribution in [1.29, 1.82) is 0 Å². The molecule has 0 radical (unpaired) electrons. The number of para-hydroxylation sites is 1. The minimum atomic E-state index is -0.125. The average molecular weight is 432 g/mol. The van der Waals surface area contributed by atoms with E-state index in [9.17, 15) is 4.79 Å². The molecule has 0 atom stereocenters. The number of amides is 1. The largest absolute Gasteiger partial charge is 0.493 e. The van der Waals surface area contributed by atoms with Crippen molar-refractivity contribution < 1.29 is 9.53 Å². The molecule has 0 spiro atoms. The van der Waals surface area contributed by atoms with E-state index < -0.39 is 0 Å². The molecule has 122 valence electrons. The molecule has 0 saturated heterocycles. The first-order chi connectivity index (χ1) is 11.6. The zero-order chi connectivity index (χ0) is 17.1. The molecule has 0 bridgehead atoms. The highest BCUT2D eigenvalue weighted by atomic mass is 127. The normalized spacial score (nSPS) is 15.8. The van der Waals surface area contributed by atoms with E-state index in [4.69, 9.17) is 4.74 Å². The number of hydrogen-bond donors (Lipinski definition) is 0. The van der Waals surface area contributed by atoms with E-state index in [1.54, 1.807) is 0 Å². The van der Waals surface area contributed by atoms with Gasteiger partial charge in [0.2, 0.25) is 0 Å². The number of rotatable bonds is 4. The fourth-order valence-electron chi connectivity index (χ4n) is 2.48. The first kappa shape index (κ1) is 16.7. The Morgan fingerprint density at radius 1 is 1.17 bits per heavy atom. The summed E-state index contributed by atoms with van der Waals surface area (Å²) in [6.07, 6.45) is 1.85. The number of hydrogen-bond acceptors (Lipinski definition) is 3. The lowest BCUT2D eigenvalue weighted by Gasteiger charge is -2.12. The van der Waals surface area contributed by atoms with Crippen molar-refractivity contribution in [3.05, 3.63) is 63.2 Å². The van der Waals surface area contributed by atoms with E-state index in [0.29, 0.717) is 17.9 Å². The van der Waals surface area contributed by atoms with Gasteiger partial charge in [-0.3, -0.25) is 4.79 Å². The summed E-state index contributed by atoms with van der Waals surface area (Å²) in [5.74, 6) is 0.640. The summed E-state index contributed by atoms with van der Waals surface area (Å²) in [7, 11) is 0. The average Bonchev–Trinajstić information content (AvgIpc) is 2.86. The van der Waals surface area contributed by atoms with Crippen LogP contribution in [-0.4, -0.2) is 18.2 Å². The minimum Gasteiger partial charge on any atom is -0.493 e. The molecule has 0 N–H and O–H groups in total. The zero-order valence-corrected chi connectivity index (χ0v) is 15.6. The Hall–Kier alpha value is -2.15. The van der Waals surface area contributed by atoms with Crippen molar-refractivity contribution >= 4 is 46.0 Å². The van der Waals surface area contributed by atoms with Gasteiger partial charge >= 0.3 is 0 Å². The third-order valence-corrected chi connectivity index (χ3v) is 4.37. The molecule has 5 heteroatoms. The Morgan fingerprint density at radius 2 is 1.88 bits per heavy atom. The minimum absolute atomic E-state index is 0.125. The van der Waals surface area contributed by atoms with Crippen LogP contribution in [-0.2, 0) is 4.79 Å². The first-order valence-corrected chi connectivity index (χ1v) is 8.77. The van der Waals surface area contributed by atoms with Crippen molar-refractivity contribution in [2.45, 2.75) is 13.8 Å². The summed E-state index contributed by atoms with van der Waals surface area (Å²) in [5, 5.41) is 5.86. The van der Waals surface area contributed by atoms with E-state index in [1.807, 2.05) is 68.5 Å². The fourth-order valence-corrected chi connectivity index (χ4v) is 2.84. The molecule has 0 saturated carbocycles. The number of ether oxygens (including phenoxy) is 1. The SMILES string of the molecule is CCOc1ccccc1C=C1C(=O)N(c2ccc(I)cc2)N=C1C. The third kappa shape index (κ3) is 3.36. The predicted octanol–water partition coefficient (Wildman–Crippen LogP) is 4.50. The van der Waals surface area contributed by atoms with Gasteiger partial charge in [-0.2, -0.15) is 10.1 Å². The standard InChI is InChI=1S/C19H17IN2O2/c1-3-24-18-7-5-4-6-14(18)12-17-13(2)21-22(19(17)23)16-10-8-15(20)9-11-16/h4-12H,3H2,1-2H3. The topological polar surface area (TPSA) is 41.9 Å². The number of halogens is 1. The van der Waals surface area contributed by atoms with Gasteiger partial charge in [0.05, 0.1) is 23.6 Å². The van der Waals surface area contributed by atoms with Gasteiger partial charge in [0.25, 0.3) is 5.91 Å². The Labute approximate surface area is 155 Å². The van der Waals surface area contributed by atoms with Crippen LogP contribution in [0.25, 0.3) is 6.08 Å². The molecule has 1 heterocycles. The van der Waals surface area contributed by atoms with Crippen molar-refractivity contribution in [1.82, 2.24) is 0 Å². The highest BCUT2D eigenvalue weighted by Gasteiger charge is 2.28. The van der Waals surface area contributed by atoms with Crippen molar-refractivity contribution in [2.75, 3.05) is 11.6 Å². The van der Waals surface area contributed by atoms with E-state index in [2.05, 4.69) is 27.7 Å².